The molecule has 3 saturated heterocycles. The summed E-state index contributed by atoms with van der Waals surface area (Å²) in [4.78, 5) is 13.3. The van der Waals surface area contributed by atoms with Gasteiger partial charge in [0, 0.05) is 12.3 Å². The quantitative estimate of drug-likeness (QED) is 0.228. The number of ether oxygens (including phenoxy) is 4. The summed E-state index contributed by atoms with van der Waals surface area (Å²) in [6.07, 6.45) is 3.22. The molecule has 16 atom stereocenters. The van der Waals surface area contributed by atoms with Gasteiger partial charge in [-0.3, -0.25) is 4.79 Å². The number of carbonyl (C=O) groups is 1. The lowest BCUT2D eigenvalue weighted by Gasteiger charge is -2.59. The van der Waals surface area contributed by atoms with Crippen LogP contribution in [0.3, 0.4) is 0 Å². The van der Waals surface area contributed by atoms with Crippen LogP contribution in [-0.2, 0) is 23.7 Å². The highest BCUT2D eigenvalue weighted by Gasteiger charge is 2.75. The monoisotopic (exact) mass is 618 g/mol. The number of hydrogen-bond acceptors (Lipinski definition) is 10. The molecule has 0 amide bonds. The molecule has 0 bridgehead atoms. The van der Waals surface area contributed by atoms with Crippen molar-refractivity contribution in [3.63, 3.8) is 0 Å². The number of aliphatic hydroxyl groups is 5. The Kier molecular flexibility index (Phi) is 7.24. The van der Waals surface area contributed by atoms with E-state index < -0.39 is 71.9 Å². The third-order valence-electron chi connectivity index (χ3n) is 14.0. The fourth-order valence-corrected chi connectivity index (χ4v) is 10.7. The Labute approximate surface area is 259 Å². The zero-order valence-corrected chi connectivity index (χ0v) is 26.5. The molecule has 4 aliphatic carbocycles. The SMILES string of the molecule is CC(C1CC2(C)OC2(C)C(OC2OC(CO)C(O)C(O)C2O)O1)C1(O)CCC2C3CC=C4CC=CC(=O)C4(C)C3CCC21C. The molecule has 10 heteroatoms. The van der Waals surface area contributed by atoms with E-state index in [4.69, 9.17) is 18.9 Å². The van der Waals surface area contributed by atoms with E-state index >= 15 is 0 Å². The first-order chi connectivity index (χ1) is 20.6. The summed E-state index contributed by atoms with van der Waals surface area (Å²) in [5.74, 6) is 0.838. The normalized spacial score (nSPS) is 57.0. The van der Waals surface area contributed by atoms with Crippen LogP contribution in [0.2, 0.25) is 0 Å². The van der Waals surface area contributed by atoms with Gasteiger partial charge in [0.2, 0.25) is 0 Å². The Morgan fingerprint density at radius 1 is 1.02 bits per heavy atom. The van der Waals surface area contributed by atoms with Gasteiger partial charge < -0.3 is 44.5 Å². The van der Waals surface area contributed by atoms with Crippen molar-refractivity contribution >= 4 is 5.78 Å². The van der Waals surface area contributed by atoms with E-state index in [2.05, 4.69) is 26.8 Å². The van der Waals surface area contributed by atoms with Gasteiger partial charge in [-0.15, -0.1) is 0 Å². The summed E-state index contributed by atoms with van der Waals surface area (Å²) < 4.78 is 24.6. The van der Waals surface area contributed by atoms with Gasteiger partial charge in [-0.25, -0.2) is 0 Å². The van der Waals surface area contributed by atoms with E-state index in [-0.39, 0.29) is 29.0 Å². The predicted octanol–water partition coefficient (Wildman–Crippen LogP) is 2.14. The predicted molar refractivity (Wildman–Crippen MR) is 157 cm³/mol. The highest BCUT2D eigenvalue weighted by atomic mass is 16.8. The van der Waals surface area contributed by atoms with Gasteiger partial charge in [-0.2, -0.15) is 0 Å². The van der Waals surface area contributed by atoms with E-state index in [9.17, 15) is 30.3 Å². The van der Waals surface area contributed by atoms with E-state index in [0.717, 1.165) is 32.1 Å². The summed E-state index contributed by atoms with van der Waals surface area (Å²) in [6.45, 7) is 9.75. The molecule has 5 N–H and O–H groups in total. The first kappa shape index (κ1) is 31.4. The smallest absolute Gasteiger partial charge is 0.192 e. The first-order valence-corrected chi connectivity index (χ1v) is 16.6. The second-order valence-electron chi connectivity index (χ2n) is 15.7. The number of epoxide rings is 1. The molecule has 0 spiro atoms. The van der Waals surface area contributed by atoms with Crippen molar-refractivity contribution in [1.29, 1.82) is 0 Å². The van der Waals surface area contributed by atoms with Gasteiger partial charge >= 0.3 is 0 Å². The molecule has 3 heterocycles. The van der Waals surface area contributed by atoms with Gasteiger partial charge in [0.1, 0.15) is 35.6 Å². The number of carbonyl (C=O) groups excluding carboxylic acids is 1. The third kappa shape index (κ3) is 4.02. The molecule has 7 aliphatic rings. The maximum atomic E-state index is 13.3. The molecule has 3 aliphatic heterocycles. The zero-order chi connectivity index (χ0) is 31.6. The van der Waals surface area contributed by atoms with E-state index in [1.165, 1.54) is 5.57 Å². The number of aliphatic hydroxyl groups excluding tert-OH is 4. The van der Waals surface area contributed by atoms with E-state index in [0.29, 0.717) is 18.8 Å². The van der Waals surface area contributed by atoms with Gasteiger partial charge in [-0.05, 0) is 88.5 Å². The van der Waals surface area contributed by atoms with Crippen LogP contribution in [0.5, 0.6) is 0 Å². The Morgan fingerprint density at radius 3 is 2.48 bits per heavy atom. The highest BCUT2D eigenvalue weighted by Crippen LogP contribution is 2.69. The molecule has 0 radical (unpaired) electrons. The molecule has 0 aromatic carbocycles. The summed E-state index contributed by atoms with van der Waals surface area (Å²) >= 11 is 0. The molecule has 0 aromatic heterocycles. The average molecular weight is 619 g/mol. The van der Waals surface area contributed by atoms with Gasteiger partial charge in [0.15, 0.2) is 18.4 Å². The first-order valence-electron chi connectivity index (χ1n) is 16.6. The highest BCUT2D eigenvalue weighted by molar-refractivity contribution is 5.98. The molecule has 7 rings (SSSR count). The standard InChI is InChI=1S/C34H50O10/c1-17(22-15-31(3)33(5,44-31)29(42-22)43-28-27(39)26(38)25(37)23(16-35)41-28)34(40)14-12-20-19-10-9-18-7-6-8-24(36)32(18,4)21(19)11-13-30(20,34)2/h6,8-9,17,19-23,25-29,35,37-40H,7,10-16H2,1-5H3. The van der Waals surface area contributed by atoms with Crippen molar-refractivity contribution in [3.8, 4) is 0 Å². The largest absolute Gasteiger partial charge is 0.394 e. The zero-order valence-electron chi connectivity index (χ0n) is 26.5. The van der Waals surface area contributed by atoms with Crippen LogP contribution in [0, 0.1) is 34.5 Å². The van der Waals surface area contributed by atoms with Crippen LogP contribution >= 0.6 is 0 Å². The summed E-state index contributed by atoms with van der Waals surface area (Å²) in [5.41, 5.74) is -1.99. The fourth-order valence-electron chi connectivity index (χ4n) is 10.7. The second kappa shape index (κ2) is 10.1. The lowest BCUT2D eigenvalue weighted by Crippen LogP contribution is -2.62. The molecule has 44 heavy (non-hydrogen) atoms. The lowest BCUT2D eigenvalue weighted by molar-refractivity contribution is -0.356. The molecule has 10 nitrogen and oxygen atoms in total. The molecular formula is C34H50O10. The molecular weight excluding hydrogens is 568 g/mol. The summed E-state index contributed by atoms with van der Waals surface area (Å²) in [7, 11) is 0. The van der Waals surface area contributed by atoms with Crippen LogP contribution in [0.25, 0.3) is 0 Å². The number of ketones is 1. The summed E-state index contributed by atoms with van der Waals surface area (Å²) in [5, 5.41) is 53.5. The number of allylic oxidation sites excluding steroid dienone is 4. The van der Waals surface area contributed by atoms with Crippen LogP contribution in [0.4, 0.5) is 0 Å². The van der Waals surface area contributed by atoms with Crippen molar-refractivity contribution in [3.05, 3.63) is 23.8 Å². The number of fused-ring (bicyclic) bond motifs is 6. The molecule has 5 fully saturated rings. The van der Waals surface area contributed by atoms with Crippen LogP contribution in [-0.4, -0.2) is 97.8 Å². The molecule has 16 unspecified atom stereocenters. The average Bonchev–Trinajstić information content (AvgIpc) is 3.46. The Hall–Kier alpha value is -1.21. The minimum atomic E-state index is -1.57. The molecule has 246 valence electrons. The van der Waals surface area contributed by atoms with Gasteiger partial charge in [0.05, 0.1) is 23.7 Å². The Morgan fingerprint density at radius 2 is 1.75 bits per heavy atom. The van der Waals surface area contributed by atoms with Crippen molar-refractivity contribution in [1.82, 2.24) is 0 Å². The maximum Gasteiger partial charge on any atom is 0.192 e. The Balaban J connectivity index is 1.12. The van der Waals surface area contributed by atoms with Gasteiger partial charge in [-0.1, -0.05) is 31.6 Å². The second-order valence-corrected chi connectivity index (χ2v) is 15.7. The molecule has 0 aromatic rings. The fraction of sp³-hybridized carbons (Fsp3) is 0.853. The molecule has 2 saturated carbocycles. The minimum absolute atomic E-state index is 0.219. The van der Waals surface area contributed by atoms with Crippen molar-refractivity contribution in [2.24, 2.45) is 34.5 Å². The lowest BCUT2D eigenvalue weighted by atomic mass is 9.46. The van der Waals surface area contributed by atoms with Crippen molar-refractivity contribution in [2.75, 3.05) is 6.61 Å². The van der Waals surface area contributed by atoms with Crippen molar-refractivity contribution in [2.45, 2.75) is 139 Å². The maximum absolute atomic E-state index is 13.3. The topological polar surface area (TPSA) is 158 Å². The third-order valence-corrected chi connectivity index (χ3v) is 14.0. The van der Waals surface area contributed by atoms with Crippen LogP contribution < -0.4 is 0 Å². The summed E-state index contributed by atoms with van der Waals surface area (Å²) in [6, 6.07) is 0. The number of rotatable bonds is 5. The van der Waals surface area contributed by atoms with E-state index in [1.54, 1.807) is 6.08 Å². The van der Waals surface area contributed by atoms with Gasteiger partial charge in [0.25, 0.3) is 0 Å². The minimum Gasteiger partial charge on any atom is -0.394 e. The van der Waals surface area contributed by atoms with E-state index in [1.807, 2.05) is 19.9 Å². The van der Waals surface area contributed by atoms with Crippen molar-refractivity contribution < 1.29 is 49.3 Å². The number of hydrogen-bond donors (Lipinski definition) is 5. The van der Waals surface area contributed by atoms with Crippen LogP contribution in [0.15, 0.2) is 23.8 Å². The van der Waals surface area contributed by atoms with Crippen LogP contribution in [0.1, 0.15) is 79.6 Å². The Bertz CT molecular complexity index is 1250.